The Kier molecular flexibility index (Phi) is 6.32. The van der Waals surface area contributed by atoms with Crippen LogP contribution in [-0.4, -0.2) is 23.2 Å². The van der Waals surface area contributed by atoms with Crippen molar-refractivity contribution in [2.75, 3.05) is 6.61 Å². The van der Waals surface area contributed by atoms with E-state index in [9.17, 15) is 20.2 Å². The quantitative estimate of drug-likeness (QED) is 0.317. The van der Waals surface area contributed by atoms with E-state index in [-0.39, 0.29) is 17.9 Å². The van der Waals surface area contributed by atoms with Crippen molar-refractivity contribution in [2.24, 2.45) is 10.9 Å². The fourth-order valence-corrected chi connectivity index (χ4v) is 3.58. The minimum atomic E-state index is -0.740. The first-order chi connectivity index (χ1) is 14.5. The van der Waals surface area contributed by atoms with Gasteiger partial charge in [0.1, 0.15) is 5.70 Å². The van der Waals surface area contributed by atoms with Gasteiger partial charge in [0.25, 0.3) is 5.69 Å². The highest BCUT2D eigenvalue weighted by Gasteiger charge is 2.40. The number of allylic oxidation sites excluding steroid dienone is 1. The van der Waals surface area contributed by atoms with Gasteiger partial charge >= 0.3 is 5.97 Å². The maximum Gasteiger partial charge on any atom is 0.336 e. The Morgan fingerprint density at radius 1 is 1.30 bits per heavy atom. The van der Waals surface area contributed by atoms with Crippen molar-refractivity contribution in [2.45, 2.75) is 26.3 Å². The molecule has 8 heteroatoms. The van der Waals surface area contributed by atoms with E-state index in [1.807, 2.05) is 35.2 Å². The Hall–Kier alpha value is -3.86. The standard InChI is InChI=1S/C22H21N4O4/c1-3-30-22(27)21-19(14-25-10-5-4-6-11-25)24-15(2)18(13-23)20(21)16-8-7-9-17(12-16)26(28)29/h4-12,18,20H,3,14H2,1-2H3/q+1. The van der Waals surface area contributed by atoms with Gasteiger partial charge in [-0.15, -0.1) is 0 Å². The van der Waals surface area contributed by atoms with E-state index < -0.39 is 22.7 Å². The van der Waals surface area contributed by atoms with E-state index in [4.69, 9.17) is 4.74 Å². The molecule has 0 aliphatic carbocycles. The van der Waals surface area contributed by atoms with Gasteiger partial charge < -0.3 is 4.74 Å². The second-order valence-electron chi connectivity index (χ2n) is 6.82. The first-order valence-electron chi connectivity index (χ1n) is 9.49. The molecule has 1 aliphatic heterocycles. The van der Waals surface area contributed by atoms with Gasteiger partial charge in [-0.1, -0.05) is 18.2 Å². The third kappa shape index (κ3) is 4.25. The zero-order chi connectivity index (χ0) is 21.7. The second-order valence-corrected chi connectivity index (χ2v) is 6.82. The van der Waals surface area contributed by atoms with Gasteiger partial charge in [0, 0.05) is 35.9 Å². The Morgan fingerprint density at radius 2 is 2.03 bits per heavy atom. The highest BCUT2D eigenvalue weighted by Crippen LogP contribution is 2.40. The lowest BCUT2D eigenvalue weighted by molar-refractivity contribution is -0.689. The Bertz CT molecular complexity index is 1070. The summed E-state index contributed by atoms with van der Waals surface area (Å²) in [6.45, 7) is 3.90. The van der Waals surface area contributed by atoms with Crippen LogP contribution in [0.5, 0.6) is 0 Å². The van der Waals surface area contributed by atoms with Crippen LogP contribution in [0.2, 0.25) is 0 Å². The van der Waals surface area contributed by atoms with E-state index in [2.05, 4.69) is 11.1 Å². The lowest BCUT2D eigenvalue weighted by Crippen LogP contribution is -2.37. The summed E-state index contributed by atoms with van der Waals surface area (Å²) < 4.78 is 7.15. The molecule has 0 amide bonds. The third-order valence-corrected chi connectivity index (χ3v) is 4.90. The predicted molar refractivity (Wildman–Crippen MR) is 108 cm³/mol. The largest absolute Gasteiger partial charge is 0.463 e. The molecule has 152 valence electrons. The number of pyridine rings is 1. The number of nitro benzene ring substituents is 1. The number of carbonyl (C=O) groups is 1. The first kappa shape index (κ1) is 20.9. The minimum Gasteiger partial charge on any atom is -0.463 e. The molecule has 2 atom stereocenters. The average molecular weight is 405 g/mol. The van der Waals surface area contributed by atoms with E-state index >= 15 is 0 Å². The van der Waals surface area contributed by atoms with Crippen LogP contribution in [0.4, 0.5) is 5.69 Å². The van der Waals surface area contributed by atoms with Crippen molar-refractivity contribution >= 4 is 17.4 Å². The number of nitriles is 1. The van der Waals surface area contributed by atoms with Crippen molar-refractivity contribution in [3.8, 4) is 6.07 Å². The molecule has 0 N–H and O–H groups in total. The molecule has 1 aromatic carbocycles. The molecule has 2 heterocycles. The number of hydrogen-bond acceptors (Lipinski definition) is 6. The molecular formula is C22H21N4O4+. The molecule has 2 unspecified atom stereocenters. The highest BCUT2D eigenvalue weighted by atomic mass is 16.6. The van der Waals surface area contributed by atoms with Crippen LogP contribution in [0.15, 0.2) is 71.1 Å². The van der Waals surface area contributed by atoms with Crippen LogP contribution in [0.25, 0.3) is 0 Å². The van der Waals surface area contributed by atoms with Gasteiger partial charge in [-0.2, -0.15) is 9.83 Å². The molecule has 0 radical (unpaired) electrons. The van der Waals surface area contributed by atoms with Crippen molar-refractivity contribution in [3.05, 3.63) is 81.8 Å². The van der Waals surface area contributed by atoms with Gasteiger partial charge in [-0.05, 0) is 19.4 Å². The number of aromatic nitrogens is 1. The first-order valence-corrected chi connectivity index (χ1v) is 9.49. The molecular weight excluding hydrogens is 384 g/mol. The van der Waals surface area contributed by atoms with E-state index in [1.54, 1.807) is 26.0 Å². The number of nitrogens with zero attached hydrogens (tertiary/aromatic N) is 4. The second kappa shape index (κ2) is 9.09. The summed E-state index contributed by atoms with van der Waals surface area (Å²) in [4.78, 5) is 28.3. The summed E-state index contributed by atoms with van der Waals surface area (Å²) in [5.41, 5.74) is 1.68. The molecule has 1 aromatic heterocycles. The van der Waals surface area contributed by atoms with Gasteiger partial charge in [0.05, 0.1) is 29.1 Å². The van der Waals surface area contributed by atoms with Crippen molar-refractivity contribution in [3.63, 3.8) is 0 Å². The molecule has 0 saturated heterocycles. The number of benzene rings is 1. The molecule has 1 aliphatic rings. The van der Waals surface area contributed by atoms with Gasteiger partial charge in [-0.3, -0.25) is 15.1 Å². The molecule has 0 fully saturated rings. The predicted octanol–water partition coefficient (Wildman–Crippen LogP) is 3.10. The van der Waals surface area contributed by atoms with Crippen molar-refractivity contribution < 1.29 is 19.0 Å². The lowest BCUT2D eigenvalue weighted by atomic mass is 9.76. The van der Waals surface area contributed by atoms with Crippen LogP contribution in [0.1, 0.15) is 25.3 Å². The average Bonchev–Trinajstić information content (AvgIpc) is 2.74. The lowest BCUT2D eigenvalue weighted by Gasteiger charge is -2.29. The number of nitro groups is 1. The molecule has 0 saturated carbocycles. The van der Waals surface area contributed by atoms with Crippen molar-refractivity contribution in [1.82, 2.24) is 0 Å². The SMILES string of the molecule is CCOC(=O)C1=C(C[n+]2ccccc2)N=C(C)C(C#N)C1c1cccc([N+](=O)[O-])c1. The summed E-state index contributed by atoms with van der Waals surface area (Å²) in [6, 6.07) is 13.8. The van der Waals surface area contributed by atoms with Crippen LogP contribution in [0, 0.1) is 27.4 Å². The monoisotopic (exact) mass is 405 g/mol. The van der Waals surface area contributed by atoms with Crippen LogP contribution in [-0.2, 0) is 16.1 Å². The number of non-ortho nitro benzene ring substituents is 1. The van der Waals surface area contributed by atoms with Crippen LogP contribution in [0.3, 0.4) is 0 Å². The Labute approximate surface area is 173 Å². The normalized spacial score (nSPS) is 18.4. The summed E-state index contributed by atoms with van der Waals surface area (Å²) in [5.74, 6) is -2.03. The number of esters is 1. The Balaban J connectivity index is 2.20. The molecule has 30 heavy (non-hydrogen) atoms. The van der Waals surface area contributed by atoms with Crippen LogP contribution < -0.4 is 4.57 Å². The minimum absolute atomic E-state index is 0.105. The van der Waals surface area contributed by atoms with E-state index in [0.717, 1.165) is 0 Å². The molecule has 3 rings (SSSR count). The van der Waals surface area contributed by atoms with Gasteiger partial charge in [0.15, 0.2) is 18.9 Å². The van der Waals surface area contributed by atoms with E-state index in [1.165, 1.54) is 12.1 Å². The van der Waals surface area contributed by atoms with Crippen molar-refractivity contribution in [1.29, 1.82) is 5.26 Å². The molecule has 2 aromatic rings. The summed E-state index contributed by atoms with van der Waals surface area (Å²) in [6.07, 6.45) is 3.69. The number of aliphatic imine (C=N–C) groups is 1. The zero-order valence-electron chi connectivity index (χ0n) is 16.7. The maximum absolute atomic E-state index is 13.0. The fraction of sp³-hybridized carbons (Fsp3) is 0.273. The van der Waals surface area contributed by atoms with Crippen LogP contribution >= 0.6 is 0 Å². The van der Waals surface area contributed by atoms with Gasteiger partial charge in [-0.25, -0.2) is 4.79 Å². The maximum atomic E-state index is 13.0. The van der Waals surface area contributed by atoms with E-state index in [0.29, 0.717) is 23.5 Å². The fourth-order valence-electron chi connectivity index (χ4n) is 3.58. The topological polar surface area (TPSA) is 109 Å². The van der Waals surface area contributed by atoms with Gasteiger partial charge in [0.2, 0.25) is 0 Å². The highest BCUT2D eigenvalue weighted by molar-refractivity contribution is 5.98. The third-order valence-electron chi connectivity index (χ3n) is 4.90. The number of ether oxygens (including phenoxy) is 1. The number of rotatable bonds is 6. The smallest absolute Gasteiger partial charge is 0.336 e. The summed E-state index contributed by atoms with van der Waals surface area (Å²) >= 11 is 0. The number of hydrogen-bond donors (Lipinski definition) is 0. The summed E-state index contributed by atoms with van der Waals surface area (Å²) in [5, 5.41) is 21.1. The molecule has 0 bridgehead atoms. The molecule has 0 spiro atoms. The summed E-state index contributed by atoms with van der Waals surface area (Å²) in [7, 11) is 0. The molecule has 8 nitrogen and oxygen atoms in total. The Morgan fingerprint density at radius 3 is 2.67 bits per heavy atom. The number of carbonyl (C=O) groups excluding carboxylic acids is 1. The zero-order valence-corrected chi connectivity index (χ0v) is 16.7.